The zero-order valence-corrected chi connectivity index (χ0v) is 17.8. The SMILES string of the molecule is CCCCCCCCCCCCCCCCCCCC(C)OS(=O)O. The molecule has 0 spiro atoms. The van der Waals surface area contributed by atoms with Crippen LogP contribution in [0.4, 0.5) is 0 Å². The average molecular weight is 377 g/mol. The summed E-state index contributed by atoms with van der Waals surface area (Å²) in [6, 6.07) is 0. The van der Waals surface area contributed by atoms with Crippen molar-refractivity contribution in [2.75, 3.05) is 0 Å². The molecular weight excluding hydrogens is 332 g/mol. The summed E-state index contributed by atoms with van der Waals surface area (Å²) in [5.74, 6) is 0. The smallest absolute Gasteiger partial charge is 0.284 e. The topological polar surface area (TPSA) is 46.5 Å². The van der Waals surface area contributed by atoms with Gasteiger partial charge >= 0.3 is 11.4 Å². The van der Waals surface area contributed by atoms with Crippen LogP contribution in [0.25, 0.3) is 0 Å². The van der Waals surface area contributed by atoms with E-state index in [1.54, 1.807) is 0 Å². The second kappa shape index (κ2) is 20.4. The predicted octanol–water partition coefficient (Wildman–Crippen LogP) is 7.57. The van der Waals surface area contributed by atoms with Crippen molar-refractivity contribution < 1.29 is 12.9 Å². The van der Waals surface area contributed by atoms with Gasteiger partial charge in [-0.2, -0.15) is 4.21 Å². The summed E-state index contributed by atoms with van der Waals surface area (Å²) in [4.78, 5) is 0. The lowest BCUT2D eigenvalue weighted by atomic mass is 10.0. The standard InChI is InChI=1S/C21H44O3S/c1-3-4-5-6-7-8-9-10-11-12-13-14-15-16-17-18-19-20-21(2)24-25(22)23/h21H,3-20H2,1-2H3,(H,22,23). The van der Waals surface area contributed by atoms with Crippen LogP contribution in [-0.2, 0) is 15.5 Å². The van der Waals surface area contributed by atoms with Gasteiger partial charge < -0.3 is 0 Å². The molecule has 0 aromatic carbocycles. The molecule has 152 valence electrons. The van der Waals surface area contributed by atoms with Crippen LogP contribution in [-0.4, -0.2) is 14.9 Å². The van der Waals surface area contributed by atoms with Gasteiger partial charge in [-0.25, -0.2) is 0 Å². The van der Waals surface area contributed by atoms with Crippen molar-refractivity contribution in [1.82, 2.24) is 0 Å². The van der Waals surface area contributed by atoms with Gasteiger partial charge in [0.05, 0.1) is 6.10 Å². The van der Waals surface area contributed by atoms with Crippen LogP contribution >= 0.6 is 0 Å². The summed E-state index contributed by atoms with van der Waals surface area (Å²) in [7, 11) is 0. The molecule has 0 saturated heterocycles. The van der Waals surface area contributed by atoms with Gasteiger partial charge in [-0.15, -0.1) is 0 Å². The normalized spacial score (nSPS) is 13.9. The highest BCUT2D eigenvalue weighted by molar-refractivity contribution is 7.74. The van der Waals surface area contributed by atoms with E-state index < -0.39 is 11.4 Å². The van der Waals surface area contributed by atoms with Crippen LogP contribution in [0.3, 0.4) is 0 Å². The maximum absolute atomic E-state index is 10.5. The molecule has 1 N–H and O–H groups in total. The molecule has 4 heteroatoms. The molecule has 0 amide bonds. The molecule has 25 heavy (non-hydrogen) atoms. The van der Waals surface area contributed by atoms with Crippen molar-refractivity contribution in [1.29, 1.82) is 0 Å². The first-order valence-electron chi connectivity index (χ1n) is 10.9. The van der Waals surface area contributed by atoms with E-state index in [2.05, 4.69) is 6.92 Å². The third kappa shape index (κ3) is 22.0. The van der Waals surface area contributed by atoms with Crippen LogP contribution in [0.15, 0.2) is 0 Å². The van der Waals surface area contributed by atoms with Gasteiger partial charge in [-0.05, 0) is 13.3 Å². The van der Waals surface area contributed by atoms with Crippen LogP contribution < -0.4 is 0 Å². The molecule has 2 unspecified atom stereocenters. The van der Waals surface area contributed by atoms with E-state index in [4.69, 9.17) is 8.74 Å². The first-order chi connectivity index (χ1) is 12.2. The molecule has 0 aromatic rings. The number of hydrogen-bond acceptors (Lipinski definition) is 2. The van der Waals surface area contributed by atoms with Gasteiger partial charge in [0.1, 0.15) is 0 Å². The Hall–Kier alpha value is 0.0700. The van der Waals surface area contributed by atoms with Gasteiger partial charge in [-0.1, -0.05) is 116 Å². The summed E-state index contributed by atoms with van der Waals surface area (Å²) >= 11 is -2.11. The minimum atomic E-state index is -2.11. The lowest BCUT2D eigenvalue weighted by Crippen LogP contribution is -2.09. The number of unbranched alkanes of at least 4 members (excludes halogenated alkanes) is 16. The summed E-state index contributed by atoms with van der Waals surface area (Å²) in [5, 5.41) is 0. The second-order valence-corrected chi connectivity index (χ2v) is 8.20. The largest absolute Gasteiger partial charge is 0.302 e. The van der Waals surface area contributed by atoms with E-state index in [0.717, 1.165) is 12.8 Å². The van der Waals surface area contributed by atoms with Crippen LogP contribution in [0.5, 0.6) is 0 Å². The minimum Gasteiger partial charge on any atom is -0.284 e. The Morgan fingerprint density at radius 1 is 0.680 bits per heavy atom. The van der Waals surface area contributed by atoms with Crippen LogP contribution in [0.2, 0.25) is 0 Å². The molecule has 0 aliphatic rings. The summed E-state index contributed by atoms with van der Waals surface area (Å²) in [5.41, 5.74) is 0. The first-order valence-corrected chi connectivity index (χ1v) is 12.0. The molecule has 0 bridgehead atoms. The molecular formula is C21H44O3S. The highest BCUT2D eigenvalue weighted by Crippen LogP contribution is 2.15. The molecule has 0 aliphatic carbocycles. The molecule has 3 nitrogen and oxygen atoms in total. The third-order valence-electron chi connectivity index (χ3n) is 4.96. The van der Waals surface area contributed by atoms with E-state index in [-0.39, 0.29) is 6.10 Å². The van der Waals surface area contributed by atoms with Crippen molar-refractivity contribution in [2.24, 2.45) is 0 Å². The zero-order valence-electron chi connectivity index (χ0n) is 17.0. The molecule has 0 aliphatic heterocycles. The first kappa shape index (κ1) is 25.1. The molecule has 0 heterocycles. The maximum atomic E-state index is 10.5. The Bertz CT molecular complexity index is 284. The number of hydrogen-bond donors (Lipinski definition) is 1. The fourth-order valence-electron chi connectivity index (χ4n) is 3.35. The summed E-state index contributed by atoms with van der Waals surface area (Å²) in [6.07, 6.45) is 24.1. The lowest BCUT2D eigenvalue weighted by Gasteiger charge is -2.08. The Balaban J connectivity index is 3.06. The highest BCUT2D eigenvalue weighted by atomic mass is 32.2. The third-order valence-corrected chi connectivity index (χ3v) is 5.45. The highest BCUT2D eigenvalue weighted by Gasteiger charge is 2.05. The van der Waals surface area contributed by atoms with Crippen molar-refractivity contribution in [2.45, 2.75) is 136 Å². The monoisotopic (exact) mass is 376 g/mol. The minimum absolute atomic E-state index is 0.109. The predicted molar refractivity (Wildman–Crippen MR) is 110 cm³/mol. The van der Waals surface area contributed by atoms with Crippen molar-refractivity contribution in [3.05, 3.63) is 0 Å². The molecule has 0 aromatic heterocycles. The van der Waals surface area contributed by atoms with Crippen molar-refractivity contribution >= 4 is 11.4 Å². The van der Waals surface area contributed by atoms with Crippen LogP contribution in [0.1, 0.15) is 129 Å². The van der Waals surface area contributed by atoms with E-state index >= 15 is 0 Å². The molecule has 2 atom stereocenters. The Morgan fingerprint density at radius 2 is 1.00 bits per heavy atom. The Labute approximate surface area is 160 Å². The summed E-state index contributed by atoms with van der Waals surface area (Å²) < 4.78 is 23.9. The fourth-order valence-corrected chi connectivity index (χ4v) is 3.72. The maximum Gasteiger partial charge on any atom is 0.302 e. The van der Waals surface area contributed by atoms with Gasteiger partial charge in [0.2, 0.25) is 0 Å². The molecule has 0 fully saturated rings. The van der Waals surface area contributed by atoms with E-state index in [1.165, 1.54) is 103 Å². The van der Waals surface area contributed by atoms with Gasteiger partial charge in [0.15, 0.2) is 0 Å². The van der Waals surface area contributed by atoms with Gasteiger partial charge in [-0.3, -0.25) is 8.74 Å². The molecule has 0 rings (SSSR count). The Kier molecular flexibility index (Phi) is 20.4. The van der Waals surface area contributed by atoms with Crippen molar-refractivity contribution in [3.63, 3.8) is 0 Å². The quantitative estimate of drug-likeness (QED) is 0.176. The number of rotatable bonds is 20. The van der Waals surface area contributed by atoms with E-state index in [1.807, 2.05) is 6.92 Å². The second-order valence-electron chi connectivity index (χ2n) is 7.57. The molecule has 0 saturated carbocycles. The molecule has 0 radical (unpaired) electrons. The van der Waals surface area contributed by atoms with Gasteiger partial charge in [0.25, 0.3) is 0 Å². The van der Waals surface area contributed by atoms with E-state index in [0.29, 0.717) is 0 Å². The summed E-state index contributed by atoms with van der Waals surface area (Å²) in [6.45, 7) is 4.14. The lowest BCUT2D eigenvalue weighted by molar-refractivity contribution is 0.208. The van der Waals surface area contributed by atoms with Crippen LogP contribution in [0, 0.1) is 0 Å². The average Bonchev–Trinajstić information content (AvgIpc) is 2.57. The van der Waals surface area contributed by atoms with Crippen molar-refractivity contribution in [3.8, 4) is 0 Å². The van der Waals surface area contributed by atoms with E-state index in [9.17, 15) is 4.21 Å². The Morgan fingerprint density at radius 3 is 1.32 bits per heavy atom. The zero-order chi connectivity index (χ0) is 18.6. The van der Waals surface area contributed by atoms with Gasteiger partial charge in [0, 0.05) is 0 Å². The fraction of sp³-hybridized carbons (Fsp3) is 1.00.